The van der Waals surface area contributed by atoms with Crippen LogP contribution in [-0.4, -0.2) is 53.5 Å². The van der Waals surface area contributed by atoms with E-state index < -0.39 is 0 Å². The van der Waals surface area contributed by atoms with Gasteiger partial charge >= 0.3 is 0 Å². The number of aromatic nitrogens is 2. The van der Waals surface area contributed by atoms with E-state index in [1.807, 2.05) is 0 Å². The average Bonchev–Trinajstić information content (AvgIpc) is 2.54. The normalized spacial score (nSPS) is 22.2. The summed E-state index contributed by atoms with van der Waals surface area (Å²) in [7, 11) is 4.23. The molecule has 0 radical (unpaired) electrons. The number of aromatic amines is 1. The summed E-state index contributed by atoms with van der Waals surface area (Å²) in [6.45, 7) is 7.18. The quantitative estimate of drug-likeness (QED) is 0.783. The lowest BCUT2D eigenvalue weighted by molar-refractivity contribution is 0.218. The van der Waals surface area contributed by atoms with Gasteiger partial charge in [0, 0.05) is 6.54 Å². The topological polar surface area (TPSA) is 52.2 Å². The highest BCUT2D eigenvalue weighted by molar-refractivity contribution is 14.1. The van der Waals surface area contributed by atoms with Crippen molar-refractivity contribution in [2.45, 2.75) is 32.2 Å². The molecule has 1 saturated heterocycles. The van der Waals surface area contributed by atoms with Crippen molar-refractivity contribution in [3.63, 3.8) is 0 Å². The van der Waals surface area contributed by atoms with Crippen molar-refractivity contribution in [1.29, 1.82) is 0 Å². The minimum absolute atomic E-state index is 0.0143. The van der Waals surface area contributed by atoms with Gasteiger partial charge in [0.2, 0.25) is 0 Å². The van der Waals surface area contributed by atoms with Crippen LogP contribution in [0.2, 0.25) is 0 Å². The van der Waals surface area contributed by atoms with Crippen LogP contribution >= 0.6 is 22.6 Å². The highest BCUT2D eigenvalue weighted by Crippen LogP contribution is 2.22. The third-order valence-electron chi connectivity index (χ3n) is 3.84. The van der Waals surface area contributed by atoms with Crippen molar-refractivity contribution in [3.05, 3.63) is 25.4 Å². The molecule has 2 rings (SSSR count). The zero-order valence-corrected chi connectivity index (χ0v) is 14.8. The summed E-state index contributed by atoms with van der Waals surface area (Å²) < 4.78 is 0.714. The lowest BCUT2D eigenvalue weighted by Gasteiger charge is -2.27. The van der Waals surface area contributed by atoms with Crippen LogP contribution in [0.4, 0.5) is 0 Å². The maximum atomic E-state index is 12.1. The Labute approximate surface area is 133 Å². The van der Waals surface area contributed by atoms with E-state index in [4.69, 9.17) is 4.98 Å². The van der Waals surface area contributed by atoms with E-state index in [1.54, 1.807) is 0 Å². The lowest BCUT2D eigenvalue weighted by Crippen LogP contribution is -2.34. The van der Waals surface area contributed by atoms with Gasteiger partial charge in [-0.25, -0.2) is 4.98 Å². The number of rotatable bonds is 2. The van der Waals surface area contributed by atoms with Gasteiger partial charge in [-0.2, -0.15) is 0 Å². The summed E-state index contributed by atoms with van der Waals surface area (Å²) >= 11 is 2.09. The van der Waals surface area contributed by atoms with E-state index >= 15 is 0 Å². The molecule has 1 N–H and O–H groups in total. The largest absolute Gasteiger partial charge is 0.308 e. The standard InChI is InChI=1S/C14H23IN4O/c1-9(2)12-11(15)14(20)17-13(16-12)10-8-18(3)6-5-7-19(10)4/h9-10H,5-8H2,1-4H3,(H,16,17,20). The van der Waals surface area contributed by atoms with Gasteiger partial charge in [-0.3, -0.25) is 9.69 Å². The Bertz CT molecular complexity index is 528. The number of nitrogens with one attached hydrogen (secondary N) is 1. The first kappa shape index (κ1) is 15.9. The number of H-pyrrole nitrogens is 1. The van der Waals surface area contributed by atoms with Crippen molar-refractivity contribution < 1.29 is 0 Å². The zero-order chi connectivity index (χ0) is 14.9. The molecule has 0 amide bonds. The van der Waals surface area contributed by atoms with Gasteiger partial charge in [-0.05, 0) is 62.1 Å². The third-order valence-corrected chi connectivity index (χ3v) is 4.88. The van der Waals surface area contributed by atoms with Crippen molar-refractivity contribution in [3.8, 4) is 0 Å². The van der Waals surface area contributed by atoms with Crippen LogP contribution in [0.25, 0.3) is 0 Å². The maximum Gasteiger partial charge on any atom is 0.264 e. The predicted molar refractivity (Wildman–Crippen MR) is 89.1 cm³/mol. The first-order valence-corrected chi connectivity index (χ1v) is 8.16. The van der Waals surface area contributed by atoms with E-state index in [9.17, 15) is 4.79 Å². The zero-order valence-electron chi connectivity index (χ0n) is 12.6. The van der Waals surface area contributed by atoms with Crippen LogP contribution in [0.3, 0.4) is 0 Å². The monoisotopic (exact) mass is 390 g/mol. The maximum absolute atomic E-state index is 12.1. The molecule has 0 spiro atoms. The highest BCUT2D eigenvalue weighted by Gasteiger charge is 2.25. The summed E-state index contributed by atoms with van der Waals surface area (Å²) in [4.78, 5) is 24.5. The fraction of sp³-hybridized carbons (Fsp3) is 0.714. The molecule has 0 saturated carbocycles. The van der Waals surface area contributed by atoms with Crippen molar-refractivity contribution in [2.24, 2.45) is 0 Å². The Morgan fingerprint density at radius 2 is 2.05 bits per heavy atom. The van der Waals surface area contributed by atoms with Gasteiger partial charge in [0.25, 0.3) is 5.56 Å². The van der Waals surface area contributed by atoms with E-state index in [0.29, 0.717) is 3.57 Å². The second kappa shape index (κ2) is 6.53. The molecular weight excluding hydrogens is 367 g/mol. The summed E-state index contributed by atoms with van der Waals surface area (Å²) in [6.07, 6.45) is 1.15. The van der Waals surface area contributed by atoms with Gasteiger partial charge in [-0.15, -0.1) is 0 Å². The molecule has 20 heavy (non-hydrogen) atoms. The molecular formula is C14H23IN4O. The molecule has 1 fully saturated rings. The second-order valence-corrected chi connectivity index (χ2v) is 7.00. The highest BCUT2D eigenvalue weighted by atomic mass is 127. The molecule has 1 aliphatic heterocycles. The van der Waals surface area contributed by atoms with E-state index in [1.165, 1.54) is 0 Å². The minimum Gasteiger partial charge on any atom is -0.308 e. The SMILES string of the molecule is CC(C)c1nc(C2CN(C)CCCN2C)[nH]c(=O)c1I. The molecule has 6 heteroatoms. The Morgan fingerprint density at radius 1 is 1.35 bits per heavy atom. The van der Waals surface area contributed by atoms with Crippen molar-refractivity contribution in [1.82, 2.24) is 19.8 Å². The van der Waals surface area contributed by atoms with E-state index in [-0.39, 0.29) is 17.5 Å². The summed E-state index contributed by atoms with van der Waals surface area (Å²) in [6, 6.07) is 0.157. The molecule has 5 nitrogen and oxygen atoms in total. The van der Waals surface area contributed by atoms with Crippen molar-refractivity contribution >= 4 is 22.6 Å². The molecule has 1 aromatic heterocycles. The van der Waals surface area contributed by atoms with Gasteiger partial charge < -0.3 is 9.88 Å². The van der Waals surface area contributed by atoms with Crippen molar-refractivity contribution in [2.75, 3.05) is 33.7 Å². The Kier molecular flexibility index (Phi) is 5.19. The van der Waals surface area contributed by atoms with E-state index in [0.717, 1.165) is 37.6 Å². The number of likely N-dealkylation sites (N-methyl/N-ethyl adjacent to an activating group) is 2. The fourth-order valence-electron chi connectivity index (χ4n) is 2.60. The van der Waals surface area contributed by atoms with Crippen LogP contribution in [0.5, 0.6) is 0 Å². The van der Waals surface area contributed by atoms with Gasteiger partial charge in [-0.1, -0.05) is 13.8 Å². The Morgan fingerprint density at radius 3 is 2.70 bits per heavy atom. The number of nitrogens with zero attached hydrogens (tertiary/aromatic N) is 3. The van der Waals surface area contributed by atoms with Gasteiger partial charge in [0.15, 0.2) is 0 Å². The summed E-state index contributed by atoms with van der Waals surface area (Å²) in [5.41, 5.74) is 0.893. The summed E-state index contributed by atoms with van der Waals surface area (Å²) in [5, 5.41) is 0. The molecule has 1 atom stereocenters. The number of hydrogen-bond donors (Lipinski definition) is 1. The molecule has 2 heterocycles. The number of halogens is 1. The molecule has 0 bridgehead atoms. The third kappa shape index (κ3) is 3.40. The summed E-state index contributed by atoms with van der Waals surface area (Å²) in [5.74, 6) is 1.06. The average molecular weight is 390 g/mol. The van der Waals surface area contributed by atoms with Crippen LogP contribution < -0.4 is 5.56 Å². The molecule has 1 unspecified atom stereocenters. The smallest absolute Gasteiger partial charge is 0.264 e. The minimum atomic E-state index is -0.0143. The molecule has 1 aliphatic rings. The molecule has 0 aromatic carbocycles. The van der Waals surface area contributed by atoms with Gasteiger partial charge in [0.1, 0.15) is 5.82 Å². The Hall–Kier alpha value is -0.470. The Balaban J connectivity index is 2.43. The molecule has 112 valence electrons. The lowest BCUT2D eigenvalue weighted by atomic mass is 10.1. The number of hydrogen-bond acceptors (Lipinski definition) is 4. The van der Waals surface area contributed by atoms with Gasteiger partial charge in [0.05, 0.1) is 15.3 Å². The molecule has 0 aliphatic carbocycles. The fourth-order valence-corrected chi connectivity index (χ4v) is 3.48. The second-order valence-electron chi connectivity index (χ2n) is 5.92. The van der Waals surface area contributed by atoms with Crippen LogP contribution in [0, 0.1) is 3.57 Å². The van der Waals surface area contributed by atoms with Crippen LogP contribution in [-0.2, 0) is 0 Å². The molecule has 1 aromatic rings. The van der Waals surface area contributed by atoms with E-state index in [2.05, 4.69) is 65.3 Å². The predicted octanol–water partition coefficient (Wildman–Crippen LogP) is 1.81. The van der Waals surface area contributed by atoms with Crippen LogP contribution in [0.1, 0.15) is 43.7 Å². The first-order valence-electron chi connectivity index (χ1n) is 7.08. The first-order chi connectivity index (χ1) is 9.40. The van der Waals surface area contributed by atoms with Crippen LogP contribution in [0.15, 0.2) is 4.79 Å².